The number of aliphatic imine (C=N–C) groups is 1. The minimum absolute atomic E-state index is 0.157. The molecule has 1 amide bonds. The van der Waals surface area contributed by atoms with Gasteiger partial charge in [-0.05, 0) is 0 Å². The molecule has 0 saturated heterocycles. The third-order valence-corrected chi connectivity index (χ3v) is 2.12. The summed E-state index contributed by atoms with van der Waals surface area (Å²) in [4.78, 5) is 33.3. The first kappa shape index (κ1) is 10.5. The molecule has 0 radical (unpaired) electrons. The molecular formula is C9H12N5O2+. The van der Waals surface area contributed by atoms with Crippen molar-refractivity contribution < 1.29 is 10.1 Å². The van der Waals surface area contributed by atoms with Crippen molar-refractivity contribution >= 4 is 29.7 Å². The van der Waals surface area contributed by atoms with Crippen LogP contribution in [0.2, 0.25) is 0 Å². The van der Waals surface area contributed by atoms with Crippen LogP contribution >= 0.6 is 0 Å². The van der Waals surface area contributed by atoms with Crippen LogP contribution in [0.4, 0.5) is 17.5 Å². The maximum atomic E-state index is 11.5. The second-order valence-electron chi connectivity index (χ2n) is 3.74. The maximum absolute atomic E-state index is 11.5. The molecule has 84 valence electrons. The Morgan fingerprint density at radius 3 is 3.00 bits per heavy atom. The number of nitrogens with two attached hydrogens (primary N) is 1. The molecule has 0 bridgehead atoms. The number of fused-ring (bicyclic) bond motifs is 1. The highest BCUT2D eigenvalue weighted by atomic mass is 16.2. The third kappa shape index (κ3) is 1.84. The van der Waals surface area contributed by atoms with E-state index >= 15 is 0 Å². The van der Waals surface area contributed by atoms with Crippen LogP contribution in [0.5, 0.6) is 0 Å². The molecule has 0 aliphatic carbocycles. The lowest BCUT2D eigenvalue weighted by Gasteiger charge is -2.06. The fourth-order valence-electron chi connectivity index (χ4n) is 1.23. The Balaban J connectivity index is 2.29. The number of rotatable bonds is 2. The average molecular weight is 222 g/mol. The molecule has 16 heavy (non-hydrogen) atoms. The molecule has 1 aromatic heterocycles. The first-order valence-electron chi connectivity index (χ1n) is 4.90. The van der Waals surface area contributed by atoms with Crippen molar-refractivity contribution in [2.45, 2.75) is 13.8 Å². The summed E-state index contributed by atoms with van der Waals surface area (Å²) in [6.07, 6.45) is 1.50. The minimum Gasteiger partial charge on any atom is -0.296 e. The Kier molecular flexibility index (Phi) is 2.53. The van der Waals surface area contributed by atoms with Gasteiger partial charge in [0.2, 0.25) is 17.5 Å². The minimum atomic E-state index is -0.353. The second kappa shape index (κ2) is 3.86. The monoisotopic (exact) mass is 222 g/mol. The summed E-state index contributed by atoms with van der Waals surface area (Å²) in [5, 5.41) is 4.15. The van der Waals surface area contributed by atoms with Gasteiger partial charge in [0, 0.05) is 5.92 Å². The number of quaternary nitrogens is 1. The third-order valence-electron chi connectivity index (χ3n) is 2.12. The van der Waals surface area contributed by atoms with Crippen molar-refractivity contribution in [3.8, 4) is 0 Å². The van der Waals surface area contributed by atoms with Gasteiger partial charge in [-0.15, -0.1) is 0 Å². The van der Waals surface area contributed by atoms with Gasteiger partial charge in [-0.25, -0.2) is 0 Å². The average Bonchev–Trinajstić information content (AvgIpc) is 2.65. The van der Waals surface area contributed by atoms with E-state index in [0.717, 1.165) is 0 Å². The highest BCUT2D eigenvalue weighted by Gasteiger charge is 2.19. The lowest BCUT2D eigenvalue weighted by Crippen LogP contribution is -2.75. The first-order chi connectivity index (χ1) is 7.58. The number of hydrogen-bond acceptors (Lipinski definition) is 4. The standard InChI is InChI=1S/C9H11N5O2/c1-4(2)7(15)13-9-12-6-5(8(16)14-9)10-3-11-6/h3-4H,1-2H3,(H3,10,11,12,13,14,15,16)/p+1. The van der Waals surface area contributed by atoms with Crippen LogP contribution in [0.1, 0.15) is 13.8 Å². The van der Waals surface area contributed by atoms with Gasteiger partial charge in [-0.3, -0.25) is 25.2 Å². The van der Waals surface area contributed by atoms with Gasteiger partial charge in [0.15, 0.2) is 6.34 Å². The molecular weight excluding hydrogens is 210 g/mol. The number of aromatic amines is 1. The summed E-state index contributed by atoms with van der Waals surface area (Å²) in [6, 6.07) is 0. The van der Waals surface area contributed by atoms with Crippen molar-refractivity contribution in [3.05, 3.63) is 10.4 Å². The molecule has 4 N–H and O–H groups in total. The summed E-state index contributed by atoms with van der Waals surface area (Å²) < 4.78 is 0. The smallest absolute Gasteiger partial charge is 0.284 e. The van der Waals surface area contributed by atoms with Gasteiger partial charge in [0.1, 0.15) is 0 Å². The summed E-state index contributed by atoms with van der Waals surface area (Å²) in [7, 11) is 0. The number of anilines is 1. The number of nitrogens with zero attached hydrogens (tertiary/aromatic N) is 2. The summed E-state index contributed by atoms with van der Waals surface area (Å²) >= 11 is 0. The molecule has 7 nitrogen and oxygen atoms in total. The van der Waals surface area contributed by atoms with Crippen molar-refractivity contribution in [2.24, 2.45) is 10.9 Å². The van der Waals surface area contributed by atoms with E-state index in [9.17, 15) is 9.59 Å². The van der Waals surface area contributed by atoms with Gasteiger partial charge >= 0.3 is 0 Å². The highest BCUT2D eigenvalue weighted by Crippen LogP contribution is 2.15. The number of amides is 1. The topological polar surface area (TPSA) is 104 Å². The molecule has 1 aliphatic heterocycles. The van der Waals surface area contributed by atoms with E-state index in [1.165, 1.54) is 6.34 Å². The van der Waals surface area contributed by atoms with Gasteiger partial charge in [-0.2, -0.15) is 9.98 Å². The van der Waals surface area contributed by atoms with Crippen LogP contribution in [0, 0.1) is 5.92 Å². The Morgan fingerprint density at radius 1 is 1.56 bits per heavy atom. The lowest BCUT2D eigenvalue weighted by molar-refractivity contribution is -0.432. The molecule has 0 spiro atoms. The number of carbonyl (C=O) groups excluding carboxylic acids is 1. The largest absolute Gasteiger partial charge is 0.296 e. The summed E-state index contributed by atoms with van der Waals surface area (Å²) in [6.45, 7) is 3.52. The van der Waals surface area contributed by atoms with E-state index in [-0.39, 0.29) is 29.0 Å². The van der Waals surface area contributed by atoms with Crippen LogP contribution in [0.15, 0.2) is 9.79 Å². The quantitative estimate of drug-likeness (QED) is 0.612. The second-order valence-corrected chi connectivity index (χ2v) is 3.74. The molecule has 1 aromatic rings. The molecule has 0 aromatic carbocycles. The van der Waals surface area contributed by atoms with Crippen molar-refractivity contribution in [2.75, 3.05) is 5.32 Å². The molecule has 0 saturated carbocycles. The van der Waals surface area contributed by atoms with Crippen LogP contribution in [0.3, 0.4) is 0 Å². The Bertz CT molecular complexity index is 517. The number of H-pyrrole nitrogens is 1. The van der Waals surface area contributed by atoms with Crippen LogP contribution in [-0.2, 0) is 4.79 Å². The molecule has 1 aliphatic rings. The zero-order valence-corrected chi connectivity index (χ0v) is 8.94. The zero-order chi connectivity index (χ0) is 11.7. The van der Waals surface area contributed by atoms with Gasteiger partial charge in [0.05, 0.1) is 0 Å². The van der Waals surface area contributed by atoms with Gasteiger partial charge < -0.3 is 0 Å². The van der Waals surface area contributed by atoms with E-state index in [1.54, 1.807) is 19.2 Å². The summed E-state index contributed by atoms with van der Waals surface area (Å²) in [5.74, 6) is 0.271. The molecule has 2 rings (SSSR count). The summed E-state index contributed by atoms with van der Waals surface area (Å²) in [5.41, 5.74) is -0.0726. The molecule has 7 heteroatoms. The fourth-order valence-corrected chi connectivity index (χ4v) is 1.23. The fraction of sp³-hybridized carbons (Fsp3) is 0.333. The van der Waals surface area contributed by atoms with E-state index in [4.69, 9.17) is 0 Å². The lowest BCUT2D eigenvalue weighted by atomic mass is 10.2. The molecule has 0 unspecified atom stereocenters. The van der Waals surface area contributed by atoms with Crippen LogP contribution in [0.25, 0.3) is 0 Å². The van der Waals surface area contributed by atoms with Crippen LogP contribution in [-0.4, -0.2) is 22.2 Å². The highest BCUT2D eigenvalue weighted by molar-refractivity contribution is 5.90. The number of hydrogen-bond donors (Lipinski definition) is 3. The molecule has 0 atom stereocenters. The van der Waals surface area contributed by atoms with Crippen LogP contribution < -0.4 is 16.2 Å². The predicted octanol–water partition coefficient (Wildman–Crippen LogP) is -0.767. The Hall–Kier alpha value is -2.02. The van der Waals surface area contributed by atoms with E-state index in [1.807, 2.05) is 0 Å². The zero-order valence-electron chi connectivity index (χ0n) is 8.94. The molecule has 2 heterocycles. The van der Waals surface area contributed by atoms with E-state index in [0.29, 0.717) is 5.82 Å². The van der Waals surface area contributed by atoms with Crippen molar-refractivity contribution in [3.63, 3.8) is 0 Å². The van der Waals surface area contributed by atoms with Gasteiger partial charge in [-0.1, -0.05) is 13.8 Å². The van der Waals surface area contributed by atoms with E-state index in [2.05, 4.69) is 20.3 Å². The Labute approximate surface area is 91.0 Å². The Morgan fingerprint density at radius 2 is 2.31 bits per heavy atom. The SMILES string of the molecule is CC(C)C(=O)Nc1nc2c(c(=O)[nH]1)N=C[NH2+]2. The number of nitrogens with one attached hydrogen (secondary N) is 2. The number of aromatic nitrogens is 2. The molecule has 0 fully saturated rings. The van der Waals surface area contributed by atoms with E-state index < -0.39 is 0 Å². The predicted molar refractivity (Wildman–Crippen MR) is 58.1 cm³/mol. The number of carbonyl (C=O) groups is 1. The maximum Gasteiger partial charge on any atom is 0.284 e. The van der Waals surface area contributed by atoms with Crippen molar-refractivity contribution in [1.82, 2.24) is 9.97 Å². The van der Waals surface area contributed by atoms with Crippen molar-refractivity contribution in [1.29, 1.82) is 0 Å². The first-order valence-corrected chi connectivity index (χ1v) is 4.90. The van der Waals surface area contributed by atoms with Gasteiger partial charge in [0.25, 0.3) is 11.4 Å². The normalized spacial score (nSPS) is 12.9.